The molecule has 1 aromatic carbocycles. The number of carboxylic acids is 2. The third-order valence-electron chi connectivity index (χ3n) is 2.19. The van der Waals surface area contributed by atoms with E-state index < -0.39 is 18.0 Å². The normalized spacial score (nSPS) is 11.5. The van der Waals surface area contributed by atoms with Crippen molar-refractivity contribution in [2.75, 3.05) is 5.32 Å². The summed E-state index contributed by atoms with van der Waals surface area (Å²) in [6.45, 7) is 3.38. The minimum Gasteiger partial charge on any atom is -0.481 e. The van der Waals surface area contributed by atoms with Crippen molar-refractivity contribution in [3.8, 4) is 0 Å². The van der Waals surface area contributed by atoms with Crippen LogP contribution in [0.15, 0.2) is 42.5 Å². The lowest BCUT2D eigenvalue weighted by Crippen LogP contribution is -2.28. The van der Waals surface area contributed by atoms with Gasteiger partial charge in [-0.15, -0.1) is 0 Å². The van der Waals surface area contributed by atoms with Crippen molar-refractivity contribution in [1.82, 2.24) is 0 Å². The van der Waals surface area contributed by atoms with Gasteiger partial charge in [0.25, 0.3) is 0 Å². The number of rotatable bonds is 6. The molecule has 0 bridgehead atoms. The highest BCUT2D eigenvalue weighted by Gasteiger charge is 2.21. The molecule has 5 nitrogen and oxygen atoms in total. The van der Waals surface area contributed by atoms with Gasteiger partial charge in [0.15, 0.2) is 0 Å². The molecule has 1 atom stereocenters. The number of benzene rings is 1. The van der Waals surface area contributed by atoms with E-state index in [0.29, 0.717) is 5.69 Å². The van der Waals surface area contributed by atoms with Crippen molar-refractivity contribution in [1.29, 1.82) is 0 Å². The first-order valence-electron chi connectivity index (χ1n) is 4.96. The van der Waals surface area contributed by atoms with E-state index in [2.05, 4.69) is 11.9 Å². The van der Waals surface area contributed by atoms with Crippen molar-refractivity contribution in [2.45, 2.75) is 12.5 Å². The zero-order valence-electron chi connectivity index (χ0n) is 9.09. The molecule has 0 spiro atoms. The maximum absolute atomic E-state index is 10.8. The summed E-state index contributed by atoms with van der Waals surface area (Å²) in [6.07, 6.45) is -0.333. The number of aliphatic carboxylic acids is 2. The highest BCUT2D eigenvalue weighted by molar-refractivity contribution is 5.89. The van der Waals surface area contributed by atoms with Crippen molar-refractivity contribution < 1.29 is 19.8 Å². The van der Waals surface area contributed by atoms with E-state index in [9.17, 15) is 9.59 Å². The van der Waals surface area contributed by atoms with E-state index >= 15 is 0 Å². The second-order valence-electron chi connectivity index (χ2n) is 3.49. The van der Waals surface area contributed by atoms with Crippen LogP contribution in [0.1, 0.15) is 6.42 Å². The van der Waals surface area contributed by atoms with Gasteiger partial charge >= 0.3 is 11.9 Å². The van der Waals surface area contributed by atoms with Crippen LogP contribution in [0.25, 0.3) is 0 Å². The second-order valence-corrected chi connectivity index (χ2v) is 3.49. The van der Waals surface area contributed by atoms with E-state index in [1.54, 1.807) is 24.3 Å². The minimum absolute atomic E-state index is 0.170. The molecule has 90 valence electrons. The molecule has 1 aromatic rings. The molecule has 0 aliphatic carbocycles. The third kappa shape index (κ3) is 3.98. The molecule has 0 aliphatic rings. The molecule has 0 aromatic heterocycles. The fourth-order valence-electron chi connectivity index (χ4n) is 1.32. The number of hydrogen-bond acceptors (Lipinski definition) is 3. The summed E-state index contributed by atoms with van der Waals surface area (Å²) in [7, 11) is 0. The number of carboxylic acid groups (broad SMARTS) is 2. The topological polar surface area (TPSA) is 86.6 Å². The van der Waals surface area contributed by atoms with E-state index in [-0.39, 0.29) is 12.0 Å². The molecule has 1 unspecified atom stereocenters. The first kappa shape index (κ1) is 12.8. The fraction of sp³-hybridized carbons (Fsp3) is 0.167. The van der Waals surface area contributed by atoms with Crippen LogP contribution in [0, 0.1) is 0 Å². The lowest BCUT2D eigenvalue weighted by molar-refractivity contribution is -0.137. The molecular formula is C12H13NO4. The lowest BCUT2D eigenvalue weighted by Gasteiger charge is -2.18. The molecule has 0 aliphatic heterocycles. The van der Waals surface area contributed by atoms with Crippen LogP contribution in [0.5, 0.6) is 0 Å². The molecule has 1 rings (SSSR count). The summed E-state index contributed by atoms with van der Waals surface area (Å²) >= 11 is 0. The smallest absolute Gasteiger partial charge is 0.333 e. The van der Waals surface area contributed by atoms with Crippen LogP contribution < -0.4 is 5.32 Å². The summed E-state index contributed by atoms with van der Waals surface area (Å²) in [5, 5.41) is 20.4. The maximum Gasteiger partial charge on any atom is 0.333 e. The predicted octanol–water partition coefficient (Wildman–Crippen LogP) is 1.58. The standard InChI is InChI=1S/C12H13NO4/c1-8(12(16)17)10(7-11(14)15)13-9-5-3-2-4-6-9/h2-6,10,13H,1,7H2,(H,14,15)(H,16,17). The molecule has 5 heteroatoms. The third-order valence-corrected chi connectivity index (χ3v) is 2.19. The van der Waals surface area contributed by atoms with Gasteiger partial charge < -0.3 is 15.5 Å². The van der Waals surface area contributed by atoms with Crippen molar-refractivity contribution >= 4 is 17.6 Å². The largest absolute Gasteiger partial charge is 0.481 e. The Labute approximate surface area is 98.4 Å². The van der Waals surface area contributed by atoms with Crippen LogP contribution in [-0.2, 0) is 9.59 Å². The summed E-state index contributed by atoms with van der Waals surface area (Å²) in [5.74, 6) is -2.29. The van der Waals surface area contributed by atoms with Crippen molar-refractivity contribution in [3.05, 3.63) is 42.5 Å². The van der Waals surface area contributed by atoms with Gasteiger partial charge in [0, 0.05) is 5.69 Å². The Morgan fingerprint density at radius 3 is 2.29 bits per heavy atom. The molecule has 17 heavy (non-hydrogen) atoms. The molecule has 0 saturated carbocycles. The maximum atomic E-state index is 10.8. The fourth-order valence-corrected chi connectivity index (χ4v) is 1.32. The number of para-hydroxylation sites is 1. The molecule has 0 saturated heterocycles. The highest BCUT2D eigenvalue weighted by Crippen LogP contribution is 2.14. The zero-order chi connectivity index (χ0) is 12.8. The number of nitrogens with one attached hydrogen (secondary N) is 1. The molecular weight excluding hydrogens is 222 g/mol. The minimum atomic E-state index is -1.21. The van der Waals surface area contributed by atoms with Gasteiger partial charge in [-0.2, -0.15) is 0 Å². The average Bonchev–Trinajstić information content (AvgIpc) is 2.28. The van der Waals surface area contributed by atoms with Crippen LogP contribution in [0.4, 0.5) is 5.69 Å². The van der Waals surface area contributed by atoms with E-state index in [0.717, 1.165) is 0 Å². The van der Waals surface area contributed by atoms with Gasteiger partial charge in [0.1, 0.15) is 0 Å². The summed E-state index contributed by atoms with van der Waals surface area (Å²) in [6, 6.07) is 7.97. The van der Waals surface area contributed by atoms with Crippen molar-refractivity contribution in [3.63, 3.8) is 0 Å². The molecule has 3 N–H and O–H groups in total. The Morgan fingerprint density at radius 1 is 1.24 bits per heavy atom. The Kier molecular flexibility index (Phi) is 4.28. The molecule has 0 amide bonds. The zero-order valence-corrected chi connectivity index (χ0v) is 9.09. The van der Waals surface area contributed by atoms with Gasteiger partial charge in [0.05, 0.1) is 18.0 Å². The van der Waals surface area contributed by atoms with Crippen molar-refractivity contribution in [2.24, 2.45) is 0 Å². The molecule has 0 radical (unpaired) electrons. The summed E-state index contributed by atoms with van der Waals surface area (Å²) in [5.41, 5.74) is 0.484. The van der Waals surface area contributed by atoms with Crippen LogP contribution in [0.2, 0.25) is 0 Å². The highest BCUT2D eigenvalue weighted by atomic mass is 16.4. The Morgan fingerprint density at radius 2 is 1.82 bits per heavy atom. The van der Waals surface area contributed by atoms with Gasteiger partial charge in [0.2, 0.25) is 0 Å². The second kappa shape index (κ2) is 5.69. The van der Waals surface area contributed by atoms with E-state index in [1.165, 1.54) is 0 Å². The van der Waals surface area contributed by atoms with Crippen LogP contribution in [0.3, 0.4) is 0 Å². The number of anilines is 1. The van der Waals surface area contributed by atoms with Gasteiger partial charge in [-0.1, -0.05) is 24.8 Å². The summed E-state index contributed by atoms with van der Waals surface area (Å²) in [4.78, 5) is 21.4. The monoisotopic (exact) mass is 235 g/mol. The van der Waals surface area contributed by atoms with Gasteiger partial charge in [-0.25, -0.2) is 4.79 Å². The summed E-state index contributed by atoms with van der Waals surface area (Å²) < 4.78 is 0. The van der Waals surface area contributed by atoms with Gasteiger partial charge in [-0.05, 0) is 12.1 Å². The van der Waals surface area contributed by atoms with E-state index in [1.807, 2.05) is 6.07 Å². The lowest BCUT2D eigenvalue weighted by atomic mass is 10.1. The Hall–Kier alpha value is -2.30. The Bertz CT molecular complexity index is 427. The number of hydrogen-bond donors (Lipinski definition) is 3. The number of carbonyl (C=O) groups is 2. The van der Waals surface area contributed by atoms with E-state index in [4.69, 9.17) is 10.2 Å². The quantitative estimate of drug-likeness (QED) is 0.652. The van der Waals surface area contributed by atoms with Crippen LogP contribution >= 0.6 is 0 Å². The Balaban J connectivity index is 2.81. The first-order chi connectivity index (χ1) is 8.00. The first-order valence-corrected chi connectivity index (χ1v) is 4.96. The predicted molar refractivity (Wildman–Crippen MR) is 62.9 cm³/mol. The molecule has 0 fully saturated rings. The SMILES string of the molecule is C=C(C(=O)O)C(CC(=O)O)Nc1ccccc1. The average molecular weight is 235 g/mol. The van der Waals surface area contributed by atoms with Crippen LogP contribution in [-0.4, -0.2) is 28.2 Å². The molecule has 0 heterocycles. The van der Waals surface area contributed by atoms with Gasteiger partial charge in [-0.3, -0.25) is 4.79 Å².